The van der Waals surface area contributed by atoms with Gasteiger partial charge in [0, 0.05) is 51.9 Å². The number of nitrogens with zero attached hydrogens (tertiary/aromatic N) is 10. The number of carbonyl (C=O) groups excluding carboxylic acids is 11. The molecular formula is C91H126N16O11+4. The molecule has 10 amide bonds. The lowest BCUT2D eigenvalue weighted by Gasteiger charge is -2.37. The van der Waals surface area contributed by atoms with Crippen LogP contribution in [0.4, 0.5) is 0 Å². The van der Waals surface area contributed by atoms with E-state index in [1.165, 1.54) is 44.1 Å². The lowest BCUT2D eigenvalue weighted by molar-refractivity contribution is -0.368. The monoisotopic (exact) mass is 1620 g/mol. The summed E-state index contributed by atoms with van der Waals surface area (Å²) in [6.45, 7) is 10.4. The van der Waals surface area contributed by atoms with E-state index >= 15 is 33.6 Å². The molecule has 0 saturated heterocycles. The highest BCUT2D eigenvalue weighted by atomic mass is 16.2. The molecule has 0 aromatic heterocycles. The molecule has 7 rings (SSSR count). The van der Waals surface area contributed by atoms with E-state index in [2.05, 4.69) is 28.3 Å². The Morgan fingerprint density at radius 1 is 0.271 bits per heavy atom. The van der Waals surface area contributed by atoms with Crippen molar-refractivity contribution in [3.05, 3.63) is 251 Å². The predicted molar refractivity (Wildman–Crippen MR) is 452 cm³/mol. The van der Waals surface area contributed by atoms with E-state index < -0.39 is 147 Å². The summed E-state index contributed by atoms with van der Waals surface area (Å²) in [5, 5.41) is 3.19. The van der Waals surface area contributed by atoms with Crippen LogP contribution in [0.3, 0.4) is 0 Å². The molecule has 0 unspecified atom stereocenters. The number of hydrogen-bond acceptors (Lipinski definition) is 13. The molecule has 7 aromatic carbocycles. The normalized spacial score (nSPS) is 12.9. The number of quaternary nitrogens is 4. The van der Waals surface area contributed by atoms with Gasteiger partial charge in [-0.15, -0.1) is 0 Å². The molecule has 27 nitrogen and oxygen atoms in total. The van der Waals surface area contributed by atoms with E-state index in [0.29, 0.717) is 74.2 Å². The van der Waals surface area contributed by atoms with Crippen LogP contribution in [0.5, 0.6) is 0 Å². The quantitative estimate of drug-likeness (QED) is 0.0291. The van der Waals surface area contributed by atoms with Crippen LogP contribution >= 0.6 is 0 Å². The van der Waals surface area contributed by atoms with Gasteiger partial charge < -0.3 is 78.1 Å². The third kappa shape index (κ3) is 28.5. The molecule has 0 fully saturated rings. The molecule has 7 aromatic rings. The maximum absolute atomic E-state index is 15.9. The number of nitrogens with two attached hydrogens (primary N) is 1. The maximum Gasteiger partial charge on any atom is 0.243 e. The zero-order valence-electron chi connectivity index (χ0n) is 70.1. The van der Waals surface area contributed by atoms with Gasteiger partial charge in [0.15, 0.2) is 5.78 Å². The molecule has 15 N–H and O–H groups in total. The van der Waals surface area contributed by atoms with Crippen molar-refractivity contribution in [2.75, 3.05) is 131 Å². The minimum Gasteiger partial charge on any atom is -0.368 e. The molecule has 0 heterocycles. The summed E-state index contributed by atoms with van der Waals surface area (Å²) in [5.41, 5.74) is 26.8. The lowest BCUT2D eigenvalue weighted by atomic mass is 10.0. The van der Waals surface area contributed by atoms with Crippen LogP contribution in [0.1, 0.15) is 155 Å². The van der Waals surface area contributed by atoms with E-state index in [-0.39, 0.29) is 58.3 Å². The van der Waals surface area contributed by atoms with Crippen molar-refractivity contribution in [3.63, 3.8) is 0 Å². The van der Waals surface area contributed by atoms with Crippen LogP contribution in [0.2, 0.25) is 0 Å². The Kier molecular flexibility index (Phi) is 39.0. The first-order valence-corrected chi connectivity index (χ1v) is 41.2. The summed E-state index contributed by atoms with van der Waals surface area (Å²) in [5.74, 6) is -6.02. The second-order valence-corrected chi connectivity index (χ2v) is 30.1. The summed E-state index contributed by atoms with van der Waals surface area (Å²) >= 11 is 0. The molecular weight excluding hydrogens is 1490 g/mol. The molecule has 0 aliphatic carbocycles. The highest BCUT2D eigenvalue weighted by Crippen LogP contribution is 2.30. The molecule has 118 heavy (non-hydrogen) atoms. The van der Waals surface area contributed by atoms with Gasteiger partial charge in [-0.1, -0.05) is 212 Å². The fourth-order valence-corrected chi connectivity index (χ4v) is 14.4. The fourth-order valence-electron chi connectivity index (χ4n) is 14.4. The predicted octanol–water partition coefficient (Wildman–Crippen LogP) is 4.25. The van der Waals surface area contributed by atoms with Gasteiger partial charge in [0.1, 0.15) is 32.7 Å². The number of rotatable bonds is 50. The molecule has 0 aliphatic heterocycles. The molecule has 0 bridgehead atoms. The Balaban J connectivity index is 1.19. The highest BCUT2D eigenvalue weighted by Gasteiger charge is 2.38. The van der Waals surface area contributed by atoms with Crippen molar-refractivity contribution < 1.29 is 75.7 Å². The molecule has 7 atom stereocenters. The smallest absolute Gasteiger partial charge is 0.243 e. The van der Waals surface area contributed by atoms with Gasteiger partial charge in [-0.3, -0.25) is 57.6 Å². The minimum absolute atomic E-state index is 0.0134. The number of primary amides is 1. The van der Waals surface area contributed by atoms with Gasteiger partial charge in [-0.05, 0) is 87.4 Å². The van der Waals surface area contributed by atoms with Crippen molar-refractivity contribution in [1.82, 2.24) is 54.3 Å². The Hall–Kier alpha value is -11.3. The van der Waals surface area contributed by atoms with Crippen molar-refractivity contribution in [1.29, 1.82) is 0 Å². The van der Waals surface area contributed by atoms with Crippen molar-refractivity contribution in [2.45, 2.75) is 116 Å². The number of carbonyl (C=O) groups is 11. The van der Waals surface area contributed by atoms with Gasteiger partial charge in [0.2, 0.25) is 59.1 Å². The van der Waals surface area contributed by atoms with Crippen LogP contribution in [0.25, 0.3) is 0 Å². The van der Waals surface area contributed by atoms with Crippen molar-refractivity contribution in [3.8, 4) is 0 Å². The van der Waals surface area contributed by atoms with Gasteiger partial charge in [0.05, 0.1) is 114 Å². The second-order valence-electron chi connectivity index (χ2n) is 30.1. The average Bonchev–Trinajstić information content (AvgIpc) is 0.830. The van der Waals surface area contributed by atoms with Crippen molar-refractivity contribution in [2.24, 2.45) is 5.73 Å². The third-order valence-corrected chi connectivity index (χ3v) is 21.8. The highest BCUT2D eigenvalue weighted by molar-refractivity contribution is 5.95. The second kappa shape index (κ2) is 49.0. The Morgan fingerprint density at radius 2 is 0.500 bits per heavy atom. The Labute approximate surface area is 695 Å². The third-order valence-electron chi connectivity index (χ3n) is 21.8. The minimum atomic E-state index is -0.808. The first kappa shape index (κ1) is 93.8. The van der Waals surface area contributed by atoms with Crippen LogP contribution < -0.4 is 34.0 Å². The molecule has 27 heteroatoms. The zero-order valence-corrected chi connectivity index (χ0v) is 70.1. The van der Waals surface area contributed by atoms with Crippen LogP contribution in [-0.4, -0.2) is 245 Å². The number of nitrogens with one attached hydrogen (secondary N) is 1. The Morgan fingerprint density at radius 3 is 0.771 bits per heavy atom. The van der Waals surface area contributed by atoms with E-state index in [1.54, 1.807) is 39.5 Å². The fraction of sp³-hybridized carbons (Fsp3) is 0.418. The molecule has 0 aliphatic rings. The lowest BCUT2D eigenvalue weighted by Crippen LogP contribution is -2.55. The van der Waals surface area contributed by atoms with E-state index in [1.807, 2.05) is 226 Å². The maximum atomic E-state index is 15.9. The summed E-state index contributed by atoms with van der Waals surface area (Å²) in [6, 6.07) is 59.4. The van der Waals surface area contributed by atoms with Crippen LogP contribution in [0.15, 0.2) is 212 Å². The first-order valence-electron chi connectivity index (χ1n) is 41.2. The molecule has 0 saturated carbocycles. The first-order chi connectivity index (χ1) is 56.8. The number of benzene rings is 7. The number of amides is 10. The molecule has 632 valence electrons. The van der Waals surface area contributed by atoms with E-state index in [0.717, 1.165) is 23.1 Å². The number of ketones is 1. The zero-order chi connectivity index (χ0) is 85.6. The number of Topliss-reactive ketones (excluding diaryl/α,β-unsaturated/α-hetero) is 1. The largest absolute Gasteiger partial charge is 0.368 e. The van der Waals surface area contributed by atoms with Crippen molar-refractivity contribution >= 4 is 64.9 Å². The SMILES string of the molecule is C[C@H](c1ccccc1)N(CC(=O)N(CCC[NH3+])CC(=O)N(CC(=O)N(CC(=O)N(CCC[NH3+])CC(=O)N(CC(=O)N(CC(=O)CN(CCC[NH3+])CC(=O)N(CC(N)=O)[C@@H](C)c1ccccc1)[C@@H](C)c1ccccc1)[C@@H](C)c1ccccc1)[C@H](C)c1ccccc1)[C@@H](C)c1ccccc1)C(=O)CN(C(=O)CNCCC[NH3+])[C@@H](C)c1ccccc1. The van der Waals surface area contributed by atoms with Gasteiger partial charge >= 0.3 is 0 Å². The average molecular weight is 1620 g/mol. The molecule has 0 radical (unpaired) electrons. The summed E-state index contributed by atoms with van der Waals surface area (Å²) in [4.78, 5) is 179. The van der Waals surface area contributed by atoms with E-state index in [9.17, 15) is 19.2 Å². The number of hydrogen-bond donors (Lipinski definition) is 6. The summed E-state index contributed by atoms with van der Waals surface area (Å²) < 4.78 is 0. The standard InChI is InChI=1S/C91H122N16O11/c1-67(74-33-15-8-16-34-74)101(57-81(108)56-98(52-30-48-93)59-86(113)102(58-82(96)109)68(2)75-35-17-9-18-36-75)89(116)65-106(72(6)79-43-25-13-26-44-79)87(114)60-99(53-31-49-94)85(112)63-105(71(5)78-41-23-12-24-42-78)91(118)66-107(73(7)80-45-27-14-28-46-80)88(115)61-100(54-32-50-95)84(111)62-104(70(4)77-39-21-11-22-40-77)90(117)64-103(83(110)55-97-51-29-47-92)69(3)76-37-19-10-20-38-76/h8-28,33-46,67-73,97H,29-32,47-66,92-95H2,1-7H3,(H2,96,109)/p+4/t67-,68-,69-,70+,71+,72-,73-/m0/s1. The topological polar surface area (TPSA) is 369 Å². The van der Waals surface area contributed by atoms with Gasteiger partial charge in [0.25, 0.3) is 0 Å². The van der Waals surface area contributed by atoms with E-state index in [4.69, 9.17) is 5.73 Å². The summed E-state index contributed by atoms with van der Waals surface area (Å²) in [7, 11) is 0. The van der Waals surface area contributed by atoms with Crippen LogP contribution in [0, 0.1) is 0 Å². The molecule has 0 spiro atoms. The summed E-state index contributed by atoms with van der Waals surface area (Å²) in [6.07, 6.45) is 1.98. The van der Waals surface area contributed by atoms with Gasteiger partial charge in [-0.25, -0.2) is 0 Å². The Bertz CT molecular complexity index is 4300. The van der Waals surface area contributed by atoms with Gasteiger partial charge in [-0.2, -0.15) is 0 Å². The van der Waals surface area contributed by atoms with Crippen LogP contribution in [-0.2, 0) is 52.7 Å².